The highest BCUT2D eigenvalue weighted by atomic mass is 79.9. The topological polar surface area (TPSA) is 0 Å². The predicted molar refractivity (Wildman–Crippen MR) is 110 cm³/mol. The summed E-state index contributed by atoms with van der Waals surface area (Å²) in [6, 6.07) is 21.8. The summed E-state index contributed by atoms with van der Waals surface area (Å²) in [5.41, 5.74) is 5.50. The lowest BCUT2D eigenvalue weighted by Gasteiger charge is -2.02. The van der Waals surface area contributed by atoms with E-state index < -0.39 is 32.2 Å². The average molecular weight is 510 g/mol. The van der Waals surface area contributed by atoms with E-state index >= 15 is 0 Å². The molecule has 0 radical (unpaired) electrons. The molecular formula is C22H10Br2F4. The highest BCUT2D eigenvalue weighted by Gasteiger charge is 2.22. The zero-order valence-corrected chi connectivity index (χ0v) is 17.2. The maximum atomic E-state index is 12.7. The third kappa shape index (κ3) is 2.95. The Labute approximate surface area is 175 Å². The second kappa shape index (κ2) is 7.33. The van der Waals surface area contributed by atoms with E-state index in [4.69, 9.17) is 0 Å². The third-order valence-electron chi connectivity index (χ3n) is 4.57. The van der Waals surface area contributed by atoms with Crippen molar-refractivity contribution >= 4 is 42.6 Å². The first-order valence-electron chi connectivity index (χ1n) is 8.20. The van der Waals surface area contributed by atoms with Crippen LogP contribution in [0.15, 0.2) is 69.6 Å². The molecule has 0 saturated heterocycles. The number of rotatable bonds is 0. The van der Waals surface area contributed by atoms with Gasteiger partial charge in [-0.25, -0.2) is 17.6 Å². The van der Waals surface area contributed by atoms with E-state index in [-0.39, 0.29) is 0 Å². The van der Waals surface area contributed by atoms with Crippen molar-refractivity contribution in [2.24, 2.45) is 0 Å². The molecule has 0 spiro atoms. The molecule has 4 aromatic rings. The lowest BCUT2D eigenvalue weighted by Crippen LogP contribution is -1.97. The fourth-order valence-electron chi connectivity index (χ4n) is 3.32. The summed E-state index contributed by atoms with van der Waals surface area (Å²) in [6.45, 7) is 0. The predicted octanol–water partition coefficient (Wildman–Crippen LogP) is 8.26. The van der Waals surface area contributed by atoms with E-state index in [9.17, 15) is 17.6 Å². The van der Waals surface area contributed by atoms with Gasteiger partial charge in [-0.05, 0) is 64.9 Å². The van der Waals surface area contributed by atoms with Crippen LogP contribution in [-0.2, 0) is 0 Å². The highest BCUT2D eigenvalue weighted by Crippen LogP contribution is 2.46. The van der Waals surface area contributed by atoms with Gasteiger partial charge in [-0.3, -0.25) is 0 Å². The van der Waals surface area contributed by atoms with Gasteiger partial charge in [0.15, 0.2) is 23.3 Å². The first-order chi connectivity index (χ1) is 13.4. The fourth-order valence-corrected chi connectivity index (χ4v) is 4.33. The van der Waals surface area contributed by atoms with E-state index in [1.807, 2.05) is 0 Å². The van der Waals surface area contributed by atoms with Crippen molar-refractivity contribution in [3.05, 3.63) is 92.9 Å². The minimum atomic E-state index is -1.71. The molecular weight excluding hydrogens is 500 g/mol. The fraction of sp³-hybridized carbons (Fsp3) is 0. The Morgan fingerprint density at radius 2 is 0.893 bits per heavy atom. The van der Waals surface area contributed by atoms with Gasteiger partial charge in [-0.1, -0.05) is 60.7 Å². The monoisotopic (exact) mass is 508 g/mol. The average Bonchev–Trinajstić information content (AvgIpc) is 3.06. The molecule has 28 heavy (non-hydrogen) atoms. The standard InChI is InChI=1S/C16H10.C6Br2F4/c1-2-8-13-12(7-1)14-9-3-5-11-6-4-10-15(13)16(11)14;7-1-3(9)2(8)5(11)6(12)4(1)10/h1-10H;. The van der Waals surface area contributed by atoms with E-state index in [2.05, 4.69) is 92.5 Å². The summed E-state index contributed by atoms with van der Waals surface area (Å²) >= 11 is 4.86. The number of hydrogen-bond acceptors (Lipinski definition) is 0. The molecule has 140 valence electrons. The van der Waals surface area contributed by atoms with Crippen molar-refractivity contribution in [1.29, 1.82) is 0 Å². The number of halogens is 6. The number of benzene rings is 4. The Bertz CT molecular complexity index is 1070. The summed E-state index contributed by atoms with van der Waals surface area (Å²) < 4.78 is 48.7. The molecule has 0 N–H and O–H groups in total. The summed E-state index contributed by atoms with van der Waals surface area (Å²) in [6.07, 6.45) is 0. The molecule has 5 rings (SSSR count). The molecule has 0 unspecified atom stereocenters. The first-order valence-corrected chi connectivity index (χ1v) is 9.79. The van der Waals surface area contributed by atoms with Gasteiger partial charge in [-0.15, -0.1) is 0 Å². The van der Waals surface area contributed by atoms with Crippen LogP contribution in [0.1, 0.15) is 0 Å². The molecule has 0 bridgehead atoms. The van der Waals surface area contributed by atoms with Crippen LogP contribution in [0.25, 0.3) is 33.0 Å². The Kier molecular flexibility index (Phi) is 5.02. The van der Waals surface area contributed by atoms with Crippen molar-refractivity contribution < 1.29 is 17.6 Å². The molecule has 0 atom stereocenters. The van der Waals surface area contributed by atoms with Crippen LogP contribution in [-0.4, -0.2) is 0 Å². The maximum Gasteiger partial charge on any atom is 0.196 e. The summed E-state index contributed by atoms with van der Waals surface area (Å²) in [4.78, 5) is 0. The molecule has 6 heteroatoms. The maximum absolute atomic E-state index is 12.7. The van der Waals surface area contributed by atoms with E-state index in [1.165, 1.54) is 33.0 Å². The van der Waals surface area contributed by atoms with Gasteiger partial charge < -0.3 is 0 Å². The van der Waals surface area contributed by atoms with Gasteiger partial charge >= 0.3 is 0 Å². The lowest BCUT2D eigenvalue weighted by molar-refractivity contribution is 0.424. The zero-order chi connectivity index (χ0) is 20.0. The quantitative estimate of drug-likeness (QED) is 0.112. The first kappa shape index (κ1) is 19.2. The van der Waals surface area contributed by atoms with Crippen LogP contribution < -0.4 is 0 Å². The van der Waals surface area contributed by atoms with Crippen molar-refractivity contribution in [3.63, 3.8) is 0 Å². The van der Waals surface area contributed by atoms with Gasteiger partial charge in [0.05, 0.1) is 8.95 Å². The van der Waals surface area contributed by atoms with Crippen LogP contribution in [0.5, 0.6) is 0 Å². The second-order valence-electron chi connectivity index (χ2n) is 6.14. The molecule has 0 nitrogen and oxygen atoms in total. The van der Waals surface area contributed by atoms with Gasteiger partial charge in [-0.2, -0.15) is 0 Å². The van der Waals surface area contributed by atoms with Gasteiger partial charge in [0.2, 0.25) is 0 Å². The molecule has 0 fully saturated rings. The van der Waals surface area contributed by atoms with Crippen LogP contribution in [0, 0.1) is 23.3 Å². The molecule has 1 aliphatic carbocycles. The van der Waals surface area contributed by atoms with Crippen LogP contribution in [0.4, 0.5) is 17.6 Å². The van der Waals surface area contributed by atoms with Crippen molar-refractivity contribution in [3.8, 4) is 22.3 Å². The number of fused-ring (bicyclic) bond motifs is 3. The molecule has 0 aliphatic heterocycles. The van der Waals surface area contributed by atoms with Crippen molar-refractivity contribution in [2.45, 2.75) is 0 Å². The molecule has 0 aromatic heterocycles. The van der Waals surface area contributed by atoms with E-state index in [0.717, 1.165) is 0 Å². The molecule has 4 aromatic carbocycles. The largest absolute Gasteiger partial charge is 0.204 e. The van der Waals surface area contributed by atoms with E-state index in [1.54, 1.807) is 0 Å². The minimum Gasteiger partial charge on any atom is -0.204 e. The van der Waals surface area contributed by atoms with Crippen molar-refractivity contribution in [1.82, 2.24) is 0 Å². The molecule has 0 saturated carbocycles. The second-order valence-corrected chi connectivity index (χ2v) is 7.72. The smallest absolute Gasteiger partial charge is 0.196 e. The van der Waals surface area contributed by atoms with Crippen molar-refractivity contribution in [2.75, 3.05) is 0 Å². The summed E-state index contributed by atoms with van der Waals surface area (Å²) in [7, 11) is 0. The zero-order valence-electron chi connectivity index (χ0n) is 14.0. The summed E-state index contributed by atoms with van der Waals surface area (Å²) in [5.74, 6) is -6.07. The third-order valence-corrected chi connectivity index (χ3v) is 5.96. The Balaban J connectivity index is 0.000000145. The molecule has 0 amide bonds. The Hall–Kier alpha value is -2.18. The SMILES string of the molecule is Fc1c(F)c(Br)c(F)c(Br)c1F.c1ccc2c(c1)-c1cccc3cccc-2c13. The molecule has 1 aliphatic rings. The minimum absolute atomic E-state index is 0.728. The van der Waals surface area contributed by atoms with Gasteiger partial charge in [0.25, 0.3) is 0 Å². The van der Waals surface area contributed by atoms with Gasteiger partial charge in [0, 0.05) is 0 Å². The van der Waals surface area contributed by atoms with Crippen LogP contribution >= 0.6 is 31.9 Å². The normalized spacial score (nSPS) is 11.2. The molecule has 0 heterocycles. The van der Waals surface area contributed by atoms with Crippen LogP contribution in [0.3, 0.4) is 0 Å². The van der Waals surface area contributed by atoms with Crippen LogP contribution in [0.2, 0.25) is 0 Å². The Morgan fingerprint density at radius 3 is 1.36 bits per heavy atom. The summed E-state index contributed by atoms with van der Waals surface area (Å²) in [5, 5.41) is 2.75. The van der Waals surface area contributed by atoms with Gasteiger partial charge in [0.1, 0.15) is 0 Å². The number of hydrogen-bond donors (Lipinski definition) is 0. The van der Waals surface area contributed by atoms with E-state index in [0.29, 0.717) is 0 Å². The highest BCUT2D eigenvalue weighted by molar-refractivity contribution is 9.11. The lowest BCUT2D eigenvalue weighted by atomic mass is 10.0. The Morgan fingerprint density at radius 1 is 0.464 bits per heavy atom.